The third kappa shape index (κ3) is 10.5. The monoisotopic (exact) mass is 195 g/mol. The molecule has 0 spiro atoms. The minimum atomic E-state index is -0.682. The number of nitrogens with two attached hydrogens (primary N) is 1. The maximum atomic E-state index is 9.87. The van der Waals surface area contributed by atoms with E-state index >= 15 is 0 Å². The molecule has 1 amide bonds. The van der Waals surface area contributed by atoms with Crippen LogP contribution < -0.4 is 5.73 Å². The molecule has 0 radical (unpaired) electrons. The topological polar surface area (TPSA) is 52.3 Å². The van der Waals surface area contributed by atoms with E-state index in [9.17, 15) is 4.79 Å². The van der Waals surface area contributed by atoms with Crippen LogP contribution in [0.4, 0.5) is 4.79 Å². The summed E-state index contributed by atoms with van der Waals surface area (Å²) in [4.78, 5) is 9.87. The van der Waals surface area contributed by atoms with Gasteiger partial charge < -0.3 is 10.5 Å². The predicted octanol–water partition coefficient (Wildman–Crippen LogP) is 2.57. The summed E-state index contributed by atoms with van der Waals surface area (Å²) in [6, 6.07) is 12.0. The second-order valence-corrected chi connectivity index (χ2v) is 2.68. The summed E-state index contributed by atoms with van der Waals surface area (Å²) < 4.78 is 4.42. The van der Waals surface area contributed by atoms with E-state index in [-0.39, 0.29) is 0 Å². The third-order valence-corrected chi connectivity index (χ3v) is 1.41. The van der Waals surface area contributed by atoms with Crippen molar-refractivity contribution in [2.75, 3.05) is 6.61 Å². The second-order valence-electron chi connectivity index (χ2n) is 2.68. The highest BCUT2D eigenvalue weighted by molar-refractivity contribution is 5.64. The molecule has 0 heterocycles. The van der Waals surface area contributed by atoms with Crippen LogP contribution in [0, 0.1) is 0 Å². The largest absolute Gasteiger partial charge is 0.450 e. The smallest absolute Gasteiger partial charge is 0.404 e. The molecule has 2 N–H and O–H groups in total. The first-order chi connectivity index (χ1) is 6.77. The van der Waals surface area contributed by atoms with Gasteiger partial charge in [-0.1, -0.05) is 49.7 Å². The number of primary amides is 1. The average molecular weight is 195 g/mol. The minimum absolute atomic E-state index is 0.450. The average Bonchev–Trinajstić information content (AvgIpc) is 2.21. The molecule has 1 aromatic carbocycles. The fraction of sp³-hybridized carbons (Fsp3) is 0.364. The van der Waals surface area contributed by atoms with E-state index in [2.05, 4.69) is 10.5 Å². The van der Waals surface area contributed by atoms with Crippen LogP contribution in [0.15, 0.2) is 36.4 Å². The van der Waals surface area contributed by atoms with Crippen LogP contribution in [0.2, 0.25) is 0 Å². The lowest BCUT2D eigenvalue weighted by Crippen LogP contribution is -2.13. The van der Waals surface area contributed by atoms with Crippen molar-refractivity contribution in [3.63, 3.8) is 0 Å². The van der Waals surface area contributed by atoms with Crippen molar-refractivity contribution in [3.8, 4) is 0 Å². The molecule has 0 bridgehead atoms. The number of rotatable bonds is 3. The summed E-state index contributed by atoms with van der Waals surface area (Å²) in [6.07, 6.45) is 1.23. The molecule has 0 aromatic heterocycles. The van der Waals surface area contributed by atoms with Gasteiger partial charge in [0.15, 0.2) is 0 Å². The molecular formula is C11H17NO2. The number of hydrogen-bond donors (Lipinski definition) is 1. The Labute approximate surface area is 84.9 Å². The number of amides is 1. The first-order valence-electron chi connectivity index (χ1n) is 4.69. The van der Waals surface area contributed by atoms with Crippen molar-refractivity contribution in [1.82, 2.24) is 0 Å². The van der Waals surface area contributed by atoms with E-state index in [1.54, 1.807) is 0 Å². The van der Waals surface area contributed by atoms with E-state index in [0.717, 1.165) is 12.8 Å². The van der Waals surface area contributed by atoms with E-state index in [1.165, 1.54) is 0 Å². The van der Waals surface area contributed by atoms with E-state index in [1.807, 2.05) is 43.3 Å². The van der Waals surface area contributed by atoms with Gasteiger partial charge in [0, 0.05) is 0 Å². The zero-order valence-corrected chi connectivity index (χ0v) is 8.48. The molecule has 1 aromatic rings. The second kappa shape index (κ2) is 9.58. The van der Waals surface area contributed by atoms with Crippen molar-refractivity contribution in [1.29, 1.82) is 0 Å². The minimum Gasteiger partial charge on any atom is -0.450 e. The van der Waals surface area contributed by atoms with Crippen molar-refractivity contribution in [3.05, 3.63) is 36.4 Å². The summed E-state index contributed by atoms with van der Waals surface area (Å²) >= 11 is 0. The molecule has 0 aliphatic rings. The lowest BCUT2D eigenvalue weighted by molar-refractivity contribution is 0.155. The van der Waals surface area contributed by atoms with Crippen molar-refractivity contribution in [2.45, 2.75) is 19.8 Å². The van der Waals surface area contributed by atoms with Crippen molar-refractivity contribution < 1.29 is 9.53 Å². The molecule has 1 rings (SSSR count). The van der Waals surface area contributed by atoms with Crippen LogP contribution in [-0.2, 0) is 4.74 Å². The Morgan fingerprint density at radius 2 is 1.57 bits per heavy atom. The van der Waals surface area contributed by atoms with E-state index in [4.69, 9.17) is 0 Å². The number of unbranched alkanes of at least 4 members (excludes halogenated alkanes) is 1. The third-order valence-electron chi connectivity index (χ3n) is 1.41. The SMILES string of the molecule is CCCCOC(N)=O.c1ccccc1. The zero-order chi connectivity index (χ0) is 10.6. The molecule has 78 valence electrons. The first kappa shape index (κ1) is 12.5. The zero-order valence-electron chi connectivity index (χ0n) is 8.48. The Kier molecular flexibility index (Phi) is 8.54. The molecular weight excluding hydrogens is 178 g/mol. The van der Waals surface area contributed by atoms with Gasteiger partial charge in [-0.05, 0) is 6.42 Å². The lowest BCUT2D eigenvalue weighted by Gasteiger charge is -1.95. The highest BCUT2D eigenvalue weighted by Gasteiger charge is 1.88. The number of hydrogen-bond acceptors (Lipinski definition) is 2. The quantitative estimate of drug-likeness (QED) is 0.753. The maximum Gasteiger partial charge on any atom is 0.404 e. The van der Waals surface area contributed by atoms with Gasteiger partial charge in [-0.3, -0.25) is 0 Å². The first-order valence-corrected chi connectivity index (χ1v) is 4.69. The summed E-state index contributed by atoms with van der Waals surface area (Å²) in [7, 11) is 0. The van der Waals surface area contributed by atoms with Gasteiger partial charge in [0.1, 0.15) is 0 Å². The van der Waals surface area contributed by atoms with Gasteiger partial charge in [-0.15, -0.1) is 0 Å². The summed E-state index contributed by atoms with van der Waals surface area (Å²) in [5.41, 5.74) is 4.67. The molecule has 0 aliphatic heterocycles. The fourth-order valence-electron chi connectivity index (χ4n) is 0.702. The van der Waals surface area contributed by atoms with E-state index < -0.39 is 6.09 Å². The Bertz CT molecular complexity index is 197. The number of carbonyl (C=O) groups is 1. The van der Waals surface area contributed by atoms with Crippen LogP contribution >= 0.6 is 0 Å². The summed E-state index contributed by atoms with van der Waals surface area (Å²) in [5.74, 6) is 0. The van der Waals surface area contributed by atoms with Crippen LogP contribution in [0.1, 0.15) is 19.8 Å². The number of benzene rings is 1. The van der Waals surface area contributed by atoms with Gasteiger partial charge in [-0.25, -0.2) is 4.79 Å². The van der Waals surface area contributed by atoms with Crippen LogP contribution in [-0.4, -0.2) is 12.7 Å². The van der Waals surface area contributed by atoms with Crippen molar-refractivity contribution >= 4 is 6.09 Å². The fourth-order valence-corrected chi connectivity index (χ4v) is 0.702. The van der Waals surface area contributed by atoms with Gasteiger partial charge in [-0.2, -0.15) is 0 Å². The lowest BCUT2D eigenvalue weighted by atomic mass is 10.4. The van der Waals surface area contributed by atoms with Crippen molar-refractivity contribution in [2.24, 2.45) is 5.73 Å². The number of ether oxygens (including phenoxy) is 1. The summed E-state index contributed by atoms with van der Waals surface area (Å²) in [6.45, 7) is 2.47. The Hall–Kier alpha value is -1.51. The summed E-state index contributed by atoms with van der Waals surface area (Å²) in [5, 5.41) is 0. The molecule has 3 heteroatoms. The molecule has 0 aliphatic carbocycles. The predicted molar refractivity (Wildman–Crippen MR) is 56.9 cm³/mol. The van der Waals surface area contributed by atoms with Gasteiger partial charge in [0.05, 0.1) is 6.61 Å². The molecule has 14 heavy (non-hydrogen) atoms. The normalized spacial score (nSPS) is 8.36. The molecule has 0 saturated carbocycles. The Morgan fingerprint density at radius 3 is 1.86 bits per heavy atom. The highest BCUT2D eigenvalue weighted by Crippen LogP contribution is 1.85. The molecule has 0 atom stereocenters. The molecule has 0 unspecified atom stereocenters. The maximum absolute atomic E-state index is 9.87. The van der Waals surface area contributed by atoms with Gasteiger partial charge >= 0.3 is 6.09 Å². The standard InChI is InChI=1S/C6H6.C5H11NO2/c1-2-4-6-5-3-1;1-2-3-4-8-5(6)7/h1-6H;2-4H2,1H3,(H2,6,7). The van der Waals surface area contributed by atoms with Gasteiger partial charge in [0.2, 0.25) is 0 Å². The molecule has 3 nitrogen and oxygen atoms in total. The molecule has 0 saturated heterocycles. The van der Waals surface area contributed by atoms with E-state index in [0.29, 0.717) is 6.61 Å². The highest BCUT2D eigenvalue weighted by atomic mass is 16.5. The van der Waals surface area contributed by atoms with Crippen LogP contribution in [0.5, 0.6) is 0 Å². The van der Waals surface area contributed by atoms with Gasteiger partial charge in [0.25, 0.3) is 0 Å². The van der Waals surface area contributed by atoms with Crippen LogP contribution in [0.25, 0.3) is 0 Å². The number of carbonyl (C=O) groups excluding carboxylic acids is 1. The van der Waals surface area contributed by atoms with Crippen LogP contribution in [0.3, 0.4) is 0 Å². The Morgan fingerprint density at radius 1 is 1.14 bits per heavy atom. The Balaban J connectivity index is 0.000000249. The molecule has 0 fully saturated rings.